The maximum atomic E-state index is 14.2. The Kier molecular flexibility index (Phi) is 9.22. The second-order valence-electron chi connectivity index (χ2n) is 11.9. The van der Waals surface area contributed by atoms with Crippen molar-refractivity contribution in [2.24, 2.45) is 5.92 Å². The molecule has 1 saturated carbocycles. The van der Waals surface area contributed by atoms with Crippen LogP contribution in [0.5, 0.6) is 0 Å². The van der Waals surface area contributed by atoms with Crippen molar-refractivity contribution in [2.45, 2.75) is 123 Å². The Hall–Kier alpha value is -2.32. The molecule has 9 heteroatoms. The van der Waals surface area contributed by atoms with Crippen molar-refractivity contribution in [3.8, 4) is 0 Å². The molecule has 1 aliphatic heterocycles. The van der Waals surface area contributed by atoms with Crippen LogP contribution in [0.1, 0.15) is 99.8 Å². The first kappa shape index (κ1) is 28.9. The minimum atomic E-state index is -1.34. The Morgan fingerprint density at radius 3 is 1.94 bits per heavy atom. The number of nitrogens with zero attached hydrogens (tertiary/aromatic N) is 2. The van der Waals surface area contributed by atoms with Crippen molar-refractivity contribution in [3.05, 3.63) is 0 Å². The SMILES string of the molecule is CC(C)(C)OC(=O)CCN(C(=O)OC(C)(C)C)[C@@](C)(C(=O)N1CCC[C@H]1C(=O)O)C1CCCCC1. The van der Waals surface area contributed by atoms with Crippen molar-refractivity contribution in [1.29, 1.82) is 0 Å². The fourth-order valence-electron chi connectivity index (χ4n) is 5.16. The number of carbonyl (C=O) groups is 4. The van der Waals surface area contributed by atoms with Crippen LogP contribution in [-0.2, 0) is 23.9 Å². The predicted octanol–water partition coefficient (Wildman–Crippen LogP) is 4.37. The highest BCUT2D eigenvalue weighted by Crippen LogP contribution is 2.40. The van der Waals surface area contributed by atoms with E-state index in [1.807, 2.05) is 0 Å². The van der Waals surface area contributed by atoms with Crippen molar-refractivity contribution in [1.82, 2.24) is 9.80 Å². The minimum Gasteiger partial charge on any atom is -0.480 e. The van der Waals surface area contributed by atoms with Gasteiger partial charge in [-0.05, 0) is 80.1 Å². The lowest BCUT2D eigenvalue weighted by molar-refractivity contribution is -0.159. The molecule has 2 atom stereocenters. The number of carboxylic acid groups (broad SMARTS) is 1. The summed E-state index contributed by atoms with van der Waals surface area (Å²) in [7, 11) is 0. The quantitative estimate of drug-likeness (QED) is 0.521. The van der Waals surface area contributed by atoms with E-state index in [1.165, 1.54) is 9.80 Å². The normalized spacial score (nSPS) is 21.2. The first-order valence-corrected chi connectivity index (χ1v) is 12.8. The van der Waals surface area contributed by atoms with Crippen molar-refractivity contribution < 1.29 is 33.8 Å². The zero-order valence-corrected chi connectivity index (χ0v) is 22.5. The first-order valence-electron chi connectivity index (χ1n) is 12.8. The summed E-state index contributed by atoms with van der Waals surface area (Å²) in [5, 5.41) is 9.73. The van der Waals surface area contributed by atoms with Crippen LogP contribution in [0.4, 0.5) is 4.79 Å². The molecule has 200 valence electrons. The highest BCUT2D eigenvalue weighted by molar-refractivity contribution is 5.93. The van der Waals surface area contributed by atoms with E-state index in [4.69, 9.17) is 9.47 Å². The smallest absolute Gasteiger partial charge is 0.411 e. The average Bonchev–Trinajstić information content (AvgIpc) is 3.21. The molecule has 1 aliphatic carbocycles. The number of ether oxygens (including phenoxy) is 2. The first-order chi connectivity index (χ1) is 16.1. The molecule has 0 aromatic carbocycles. The molecular weight excluding hydrogens is 452 g/mol. The van der Waals surface area contributed by atoms with Gasteiger partial charge in [0.1, 0.15) is 22.8 Å². The summed E-state index contributed by atoms with van der Waals surface area (Å²) in [6.07, 6.45) is 4.54. The molecule has 1 heterocycles. The molecule has 0 spiro atoms. The van der Waals surface area contributed by atoms with E-state index in [-0.39, 0.29) is 24.8 Å². The molecule has 2 rings (SSSR count). The number of carboxylic acids is 1. The molecule has 9 nitrogen and oxygen atoms in total. The molecule has 2 fully saturated rings. The molecule has 1 N–H and O–H groups in total. The highest BCUT2D eigenvalue weighted by atomic mass is 16.6. The molecule has 2 aliphatic rings. The van der Waals surface area contributed by atoms with Crippen LogP contribution in [0.15, 0.2) is 0 Å². The number of hydrogen-bond donors (Lipinski definition) is 1. The Labute approximate surface area is 209 Å². The predicted molar refractivity (Wildman–Crippen MR) is 131 cm³/mol. The van der Waals surface area contributed by atoms with Crippen molar-refractivity contribution >= 4 is 23.9 Å². The lowest BCUT2D eigenvalue weighted by Gasteiger charge is -2.48. The number of likely N-dealkylation sites (tertiary alicyclic amines) is 1. The minimum absolute atomic E-state index is 0.0614. The summed E-state index contributed by atoms with van der Waals surface area (Å²) in [5.41, 5.74) is -2.83. The van der Waals surface area contributed by atoms with E-state index in [0.717, 1.165) is 32.1 Å². The van der Waals surface area contributed by atoms with Crippen LogP contribution in [0.3, 0.4) is 0 Å². The number of amides is 2. The summed E-state index contributed by atoms with van der Waals surface area (Å²) >= 11 is 0. The van der Waals surface area contributed by atoms with Crippen molar-refractivity contribution in [3.63, 3.8) is 0 Å². The van der Waals surface area contributed by atoms with Crippen LogP contribution >= 0.6 is 0 Å². The fourth-order valence-corrected chi connectivity index (χ4v) is 5.16. The third-order valence-corrected chi connectivity index (χ3v) is 6.77. The Balaban J connectivity index is 2.48. The number of hydrogen-bond acceptors (Lipinski definition) is 6. The monoisotopic (exact) mass is 496 g/mol. The molecule has 0 radical (unpaired) electrons. The van der Waals surface area contributed by atoms with Crippen LogP contribution in [0.2, 0.25) is 0 Å². The van der Waals surface area contributed by atoms with E-state index >= 15 is 0 Å². The zero-order valence-electron chi connectivity index (χ0n) is 22.5. The van der Waals surface area contributed by atoms with Gasteiger partial charge < -0.3 is 19.5 Å². The fraction of sp³-hybridized carbons (Fsp3) is 0.846. The number of aliphatic carboxylic acids is 1. The van der Waals surface area contributed by atoms with Gasteiger partial charge in [0.15, 0.2) is 0 Å². The van der Waals surface area contributed by atoms with Gasteiger partial charge in [-0.2, -0.15) is 0 Å². The molecule has 0 aromatic heterocycles. The standard InChI is InChI=1S/C26H44N2O7/c1-24(2,3)34-20(29)15-17-28(23(33)35-25(4,5)6)26(7,18-12-9-8-10-13-18)22(32)27-16-11-14-19(27)21(30)31/h18-19H,8-17H2,1-7H3,(H,30,31)/t19-,26+/m0/s1. The van der Waals surface area contributed by atoms with Gasteiger partial charge >= 0.3 is 18.0 Å². The second kappa shape index (κ2) is 11.2. The van der Waals surface area contributed by atoms with Gasteiger partial charge in [0, 0.05) is 13.1 Å². The molecule has 1 saturated heterocycles. The summed E-state index contributed by atoms with van der Waals surface area (Å²) in [6, 6.07) is -0.920. The largest absolute Gasteiger partial charge is 0.480 e. The summed E-state index contributed by atoms with van der Waals surface area (Å²) in [4.78, 5) is 55.0. The zero-order chi connectivity index (χ0) is 26.6. The van der Waals surface area contributed by atoms with E-state index in [1.54, 1.807) is 48.5 Å². The van der Waals surface area contributed by atoms with Gasteiger partial charge in [0.2, 0.25) is 5.91 Å². The summed E-state index contributed by atoms with van der Waals surface area (Å²) < 4.78 is 11.1. The Morgan fingerprint density at radius 1 is 0.857 bits per heavy atom. The molecule has 0 aromatic rings. The third kappa shape index (κ3) is 7.58. The lowest BCUT2D eigenvalue weighted by Crippen LogP contribution is -2.65. The average molecular weight is 497 g/mol. The lowest BCUT2D eigenvalue weighted by atomic mass is 9.73. The second-order valence-corrected chi connectivity index (χ2v) is 11.9. The van der Waals surface area contributed by atoms with E-state index in [0.29, 0.717) is 19.4 Å². The Morgan fingerprint density at radius 2 is 1.43 bits per heavy atom. The van der Waals surface area contributed by atoms with Crippen LogP contribution in [-0.4, -0.2) is 74.7 Å². The van der Waals surface area contributed by atoms with Crippen LogP contribution < -0.4 is 0 Å². The summed E-state index contributed by atoms with van der Waals surface area (Å²) in [5.74, 6) is -2.08. The topological polar surface area (TPSA) is 113 Å². The van der Waals surface area contributed by atoms with Gasteiger partial charge in [-0.15, -0.1) is 0 Å². The van der Waals surface area contributed by atoms with Crippen LogP contribution in [0.25, 0.3) is 0 Å². The van der Waals surface area contributed by atoms with Crippen LogP contribution in [0, 0.1) is 5.92 Å². The van der Waals surface area contributed by atoms with Gasteiger partial charge in [0.25, 0.3) is 0 Å². The van der Waals surface area contributed by atoms with Gasteiger partial charge in [0.05, 0.1) is 6.42 Å². The third-order valence-electron chi connectivity index (χ3n) is 6.77. The molecule has 0 bridgehead atoms. The molecule has 2 amide bonds. The van der Waals surface area contributed by atoms with Crippen molar-refractivity contribution in [2.75, 3.05) is 13.1 Å². The molecule has 35 heavy (non-hydrogen) atoms. The number of carbonyl (C=O) groups excluding carboxylic acids is 3. The van der Waals surface area contributed by atoms with Gasteiger partial charge in [-0.25, -0.2) is 9.59 Å². The van der Waals surface area contributed by atoms with E-state index in [9.17, 15) is 24.3 Å². The van der Waals surface area contributed by atoms with Gasteiger partial charge in [-0.1, -0.05) is 19.3 Å². The maximum Gasteiger partial charge on any atom is 0.411 e. The van der Waals surface area contributed by atoms with E-state index < -0.39 is 40.8 Å². The van der Waals surface area contributed by atoms with E-state index in [2.05, 4.69) is 0 Å². The Bertz CT molecular complexity index is 793. The highest BCUT2D eigenvalue weighted by Gasteiger charge is 2.53. The number of esters is 1. The van der Waals surface area contributed by atoms with Gasteiger partial charge in [-0.3, -0.25) is 14.5 Å². The number of rotatable bonds is 7. The molecular formula is C26H44N2O7. The molecule has 0 unspecified atom stereocenters. The maximum absolute atomic E-state index is 14.2. The summed E-state index contributed by atoms with van der Waals surface area (Å²) in [6.45, 7) is 12.5.